The molecule has 0 amide bonds. The molecule has 0 bridgehead atoms. The second kappa shape index (κ2) is 3.61. The van der Waals surface area contributed by atoms with E-state index in [1.807, 2.05) is 42.5 Å². The van der Waals surface area contributed by atoms with Crippen molar-refractivity contribution in [1.29, 1.82) is 0 Å². The molecule has 2 aromatic carbocycles. The van der Waals surface area contributed by atoms with E-state index < -0.39 is 0 Å². The maximum absolute atomic E-state index is 5.77. The second-order valence-corrected chi connectivity index (χ2v) is 4.64. The molecule has 3 aromatic rings. The average molecular weight is 226 g/mol. The highest BCUT2D eigenvalue weighted by Gasteiger charge is 2.05. The molecule has 2 nitrogen and oxygen atoms in total. The number of nitrogen functional groups attached to an aromatic ring is 1. The number of fused-ring (bicyclic) bond motifs is 1. The molecule has 0 fully saturated rings. The van der Waals surface area contributed by atoms with E-state index in [2.05, 4.69) is 11.1 Å². The minimum absolute atomic E-state index is 0.775. The molecule has 78 valence electrons. The van der Waals surface area contributed by atoms with Gasteiger partial charge < -0.3 is 5.73 Å². The summed E-state index contributed by atoms with van der Waals surface area (Å²) in [4.78, 5) is 4.59. The van der Waals surface area contributed by atoms with Gasteiger partial charge in [0.15, 0.2) is 0 Å². The molecule has 1 heterocycles. The number of anilines is 1. The fourth-order valence-corrected chi connectivity index (χ4v) is 2.63. The first-order valence-electron chi connectivity index (χ1n) is 5.04. The van der Waals surface area contributed by atoms with Crippen LogP contribution in [0, 0.1) is 0 Å². The number of aromatic nitrogens is 1. The molecule has 0 atom stereocenters. The van der Waals surface area contributed by atoms with E-state index in [4.69, 9.17) is 5.73 Å². The first kappa shape index (κ1) is 9.36. The molecule has 0 aliphatic carbocycles. The number of hydrogen-bond donors (Lipinski definition) is 1. The van der Waals surface area contributed by atoms with Gasteiger partial charge in [-0.3, -0.25) is 0 Å². The molecule has 0 saturated carbocycles. The Morgan fingerprint density at radius 3 is 2.69 bits per heavy atom. The van der Waals surface area contributed by atoms with Crippen molar-refractivity contribution in [2.24, 2.45) is 0 Å². The van der Waals surface area contributed by atoms with Gasteiger partial charge in [-0.05, 0) is 24.3 Å². The summed E-state index contributed by atoms with van der Waals surface area (Å²) in [5.74, 6) is 0. The van der Waals surface area contributed by atoms with Gasteiger partial charge in [-0.1, -0.05) is 24.3 Å². The number of para-hydroxylation sites is 1. The molecule has 0 saturated heterocycles. The largest absolute Gasteiger partial charge is 0.399 e. The van der Waals surface area contributed by atoms with Gasteiger partial charge in [0.2, 0.25) is 0 Å². The third-order valence-corrected chi connectivity index (χ3v) is 3.51. The van der Waals surface area contributed by atoms with Crippen LogP contribution in [0.2, 0.25) is 0 Å². The smallest absolute Gasteiger partial charge is 0.124 e. The van der Waals surface area contributed by atoms with Crippen molar-refractivity contribution >= 4 is 27.2 Å². The molecule has 0 spiro atoms. The van der Waals surface area contributed by atoms with E-state index in [1.165, 1.54) is 4.70 Å². The summed E-state index contributed by atoms with van der Waals surface area (Å²) >= 11 is 1.69. The highest BCUT2D eigenvalue weighted by Crippen LogP contribution is 2.30. The van der Waals surface area contributed by atoms with Crippen LogP contribution < -0.4 is 5.73 Å². The number of nitrogens with two attached hydrogens (primary N) is 1. The summed E-state index contributed by atoms with van der Waals surface area (Å²) in [6.07, 6.45) is 0. The lowest BCUT2D eigenvalue weighted by atomic mass is 10.2. The summed E-state index contributed by atoms with van der Waals surface area (Å²) in [5.41, 5.74) is 8.67. The van der Waals surface area contributed by atoms with Crippen LogP contribution >= 0.6 is 11.3 Å². The fourth-order valence-electron chi connectivity index (χ4n) is 1.67. The van der Waals surface area contributed by atoms with Crippen molar-refractivity contribution in [3.63, 3.8) is 0 Å². The van der Waals surface area contributed by atoms with Crippen LogP contribution in [0.5, 0.6) is 0 Å². The Balaban J connectivity index is 2.19. The lowest BCUT2D eigenvalue weighted by Crippen LogP contribution is -1.84. The number of benzene rings is 2. The van der Waals surface area contributed by atoms with E-state index in [0.717, 1.165) is 21.8 Å². The van der Waals surface area contributed by atoms with E-state index in [1.54, 1.807) is 11.3 Å². The van der Waals surface area contributed by atoms with Crippen molar-refractivity contribution in [2.75, 3.05) is 5.73 Å². The summed E-state index contributed by atoms with van der Waals surface area (Å²) in [5, 5.41) is 1.02. The summed E-state index contributed by atoms with van der Waals surface area (Å²) < 4.78 is 1.21. The van der Waals surface area contributed by atoms with Crippen molar-refractivity contribution in [1.82, 2.24) is 4.98 Å². The first-order valence-corrected chi connectivity index (χ1v) is 5.86. The third-order valence-electron chi connectivity index (χ3n) is 2.43. The summed E-state index contributed by atoms with van der Waals surface area (Å²) in [6, 6.07) is 16.0. The number of thiazole rings is 1. The van der Waals surface area contributed by atoms with E-state index in [0.29, 0.717) is 0 Å². The van der Waals surface area contributed by atoms with Crippen LogP contribution in [-0.4, -0.2) is 4.98 Å². The molecule has 3 rings (SSSR count). The molecule has 0 unspecified atom stereocenters. The van der Waals surface area contributed by atoms with Gasteiger partial charge in [0.25, 0.3) is 0 Å². The lowest BCUT2D eigenvalue weighted by Gasteiger charge is -1.96. The molecular weight excluding hydrogens is 216 g/mol. The maximum Gasteiger partial charge on any atom is 0.124 e. The maximum atomic E-state index is 5.77. The number of nitrogens with zero attached hydrogens (tertiary/aromatic N) is 1. The zero-order chi connectivity index (χ0) is 11.0. The highest BCUT2D eigenvalue weighted by atomic mass is 32.1. The lowest BCUT2D eigenvalue weighted by molar-refractivity contribution is 1.48. The van der Waals surface area contributed by atoms with Gasteiger partial charge in [-0.15, -0.1) is 11.3 Å². The number of hydrogen-bond acceptors (Lipinski definition) is 3. The molecular formula is C13H10N2S. The van der Waals surface area contributed by atoms with Crippen molar-refractivity contribution in [3.8, 4) is 10.6 Å². The SMILES string of the molecule is Nc1cccc(-c2nc3ccccc3s2)c1. The standard InChI is InChI=1S/C13H10N2S/c14-10-5-3-4-9(8-10)13-15-11-6-1-2-7-12(11)16-13/h1-8H,14H2. The predicted molar refractivity (Wildman–Crippen MR) is 69.5 cm³/mol. The van der Waals surface area contributed by atoms with Crippen LogP contribution in [-0.2, 0) is 0 Å². The van der Waals surface area contributed by atoms with Gasteiger partial charge in [-0.25, -0.2) is 4.98 Å². The minimum Gasteiger partial charge on any atom is -0.399 e. The van der Waals surface area contributed by atoms with Crippen LogP contribution in [0.4, 0.5) is 5.69 Å². The minimum atomic E-state index is 0.775. The summed E-state index contributed by atoms with van der Waals surface area (Å²) in [6.45, 7) is 0. The van der Waals surface area contributed by atoms with Gasteiger partial charge in [-0.2, -0.15) is 0 Å². The quantitative estimate of drug-likeness (QED) is 0.644. The Morgan fingerprint density at radius 2 is 1.88 bits per heavy atom. The van der Waals surface area contributed by atoms with Crippen molar-refractivity contribution in [2.45, 2.75) is 0 Å². The first-order chi connectivity index (χ1) is 7.83. The predicted octanol–water partition coefficient (Wildman–Crippen LogP) is 3.55. The Hall–Kier alpha value is -1.87. The number of rotatable bonds is 1. The molecule has 1 aromatic heterocycles. The van der Waals surface area contributed by atoms with Crippen LogP contribution in [0.1, 0.15) is 0 Å². The zero-order valence-corrected chi connectivity index (χ0v) is 9.37. The van der Waals surface area contributed by atoms with E-state index in [9.17, 15) is 0 Å². The normalized spacial score (nSPS) is 10.8. The third kappa shape index (κ3) is 1.55. The fraction of sp³-hybridized carbons (Fsp3) is 0. The van der Waals surface area contributed by atoms with Crippen LogP contribution in [0.3, 0.4) is 0 Å². The Bertz CT molecular complexity index is 610. The topological polar surface area (TPSA) is 38.9 Å². The molecule has 2 N–H and O–H groups in total. The Morgan fingerprint density at radius 1 is 1.00 bits per heavy atom. The van der Waals surface area contributed by atoms with Gasteiger partial charge in [0.05, 0.1) is 10.2 Å². The molecule has 0 aliphatic heterocycles. The molecule has 0 aliphatic rings. The summed E-state index contributed by atoms with van der Waals surface area (Å²) in [7, 11) is 0. The highest BCUT2D eigenvalue weighted by molar-refractivity contribution is 7.21. The average Bonchev–Trinajstić information content (AvgIpc) is 2.72. The second-order valence-electron chi connectivity index (χ2n) is 3.61. The Labute approximate surface area is 97.4 Å². The van der Waals surface area contributed by atoms with Gasteiger partial charge in [0, 0.05) is 11.3 Å². The molecule has 16 heavy (non-hydrogen) atoms. The van der Waals surface area contributed by atoms with Crippen molar-refractivity contribution in [3.05, 3.63) is 48.5 Å². The Kier molecular flexibility index (Phi) is 2.11. The van der Waals surface area contributed by atoms with Crippen molar-refractivity contribution < 1.29 is 0 Å². The van der Waals surface area contributed by atoms with Gasteiger partial charge >= 0.3 is 0 Å². The van der Waals surface area contributed by atoms with E-state index >= 15 is 0 Å². The van der Waals surface area contributed by atoms with Crippen LogP contribution in [0.25, 0.3) is 20.8 Å². The van der Waals surface area contributed by atoms with Gasteiger partial charge in [0.1, 0.15) is 5.01 Å². The van der Waals surface area contributed by atoms with E-state index in [-0.39, 0.29) is 0 Å². The monoisotopic (exact) mass is 226 g/mol. The molecule has 0 radical (unpaired) electrons. The molecule has 3 heteroatoms. The zero-order valence-electron chi connectivity index (χ0n) is 8.55. The van der Waals surface area contributed by atoms with Crippen LogP contribution in [0.15, 0.2) is 48.5 Å².